The molecule has 0 aliphatic carbocycles. The molecule has 1 amide bonds. The van der Waals surface area contributed by atoms with Crippen LogP contribution in [0.4, 0.5) is 10.1 Å². The minimum atomic E-state index is -1.22. The Morgan fingerprint density at radius 3 is 2.72 bits per heavy atom. The number of rotatable bonds is 7. The van der Waals surface area contributed by atoms with Gasteiger partial charge in [-0.15, -0.1) is 0 Å². The van der Waals surface area contributed by atoms with Crippen LogP contribution in [0.2, 0.25) is 0 Å². The molecule has 0 aliphatic rings. The highest BCUT2D eigenvalue weighted by molar-refractivity contribution is 5.90. The molecule has 1 aromatic heterocycles. The maximum absolute atomic E-state index is 13.6. The second kappa shape index (κ2) is 7.33. The Morgan fingerprint density at radius 2 is 2.12 bits per heavy atom. The number of carboxylic acid groups (broad SMARTS) is 1. The molecule has 25 heavy (non-hydrogen) atoms. The number of ether oxygens (including phenoxy) is 1. The summed E-state index contributed by atoms with van der Waals surface area (Å²) in [6, 6.07) is 4.54. The summed E-state index contributed by atoms with van der Waals surface area (Å²) in [5.74, 6) is -1.63. The quantitative estimate of drug-likeness (QED) is 0.801. The number of hydrogen-bond donors (Lipinski definition) is 2. The molecule has 0 atom stereocenters. The fourth-order valence-electron chi connectivity index (χ4n) is 2.14. The number of amides is 1. The van der Waals surface area contributed by atoms with Gasteiger partial charge in [-0.05, 0) is 38.0 Å². The molecular weight excluding hydrogens is 329 g/mol. The first-order valence-electron chi connectivity index (χ1n) is 7.65. The van der Waals surface area contributed by atoms with Crippen molar-refractivity contribution in [2.45, 2.75) is 32.2 Å². The number of nitrogens with one attached hydrogen (secondary N) is 1. The van der Waals surface area contributed by atoms with Crippen molar-refractivity contribution < 1.29 is 23.8 Å². The van der Waals surface area contributed by atoms with Crippen LogP contribution in [0.15, 0.2) is 30.6 Å². The number of aromatic nitrogens is 2. The largest absolute Gasteiger partial charge is 0.494 e. The molecule has 0 saturated heterocycles. The summed E-state index contributed by atoms with van der Waals surface area (Å²) in [6.07, 6.45) is 3.36. The highest BCUT2D eigenvalue weighted by atomic mass is 19.1. The van der Waals surface area contributed by atoms with Crippen molar-refractivity contribution in [1.29, 1.82) is 0 Å². The van der Waals surface area contributed by atoms with Crippen LogP contribution >= 0.6 is 0 Å². The third kappa shape index (κ3) is 4.34. The number of methoxy groups -OCH3 is 1. The highest BCUT2D eigenvalue weighted by Crippen LogP contribution is 2.19. The van der Waals surface area contributed by atoms with Gasteiger partial charge in [0.05, 0.1) is 19.0 Å². The van der Waals surface area contributed by atoms with Gasteiger partial charge in [0.2, 0.25) is 5.91 Å². The average molecular weight is 349 g/mol. The monoisotopic (exact) mass is 349 g/mol. The minimum Gasteiger partial charge on any atom is -0.494 e. The molecule has 0 spiro atoms. The van der Waals surface area contributed by atoms with Gasteiger partial charge in [0.1, 0.15) is 0 Å². The Labute approximate surface area is 144 Å². The molecule has 2 aromatic rings. The van der Waals surface area contributed by atoms with Crippen molar-refractivity contribution in [3.8, 4) is 5.75 Å². The lowest BCUT2D eigenvalue weighted by Gasteiger charge is -2.19. The van der Waals surface area contributed by atoms with E-state index in [1.807, 2.05) is 0 Å². The average Bonchev–Trinajstić information content (AvgIpc) is 3.02. The van der Waals surface area contributed by atoms with E-state index in [2.05, 4.69) is 10.4 Å². The predicted molar refractivity (Wildman–Crippen MR) is 89.1 cm³/mol. The van der Waals surface area contributed by atoms with Crippen LogP contribution in [0.25, 0.3) is 0 Å². The van der Waals surface area contributed by atoms with Gasteiger partial charge in [0.25, 0.3) is 0 Å². The smallest absolute Gasteiger partial charge is 0.331 e. The van der Waals surface area contributed by atoms with E-state index in [4.69, 9.17) is 9.84 Å². The van der Waals surface area contributed by atoms with Crippen molar-refractivity contribution in [2.24, 2.45) is 0 Å². The molecule has 0 unspecified atom stereocenters. The van der Waals surface area contributed by atoms with E-state index in [0.29, 0.717) is 17.7 Å². The molecule has 2 N–H and O–H groups in total. The van der Waals surface area contributed by atoms with E-state index in [0.717, 1.165) is 0 Å². The zero-order valence-electron chi connectivity index (χ0n) is 14.2. The van der Waals surface area contributed by atoms with Gasteiger partial charge in [-0.25, -0.2) is 9.18 Å². The second-order valence-electron chi connectivity index (χ2n) is 6.05. The van der Waals surface area contributed by atoms with Crippen LogP contribution in [0.3, 0.4) is 0 Å². The summed E-state index contributed by atoms with van der Waals surface area (Å²) in [4.78, 5) is 23.2. The first kappa shape index (κ1) is 18.4. The van der Waals surface area contributed by atoms with Gasteiger partial charge >= 0.3 is 5.97 Å². The van der Waals surface area contributed by atoms with Crippen molar-refractivity contribution in [1.82, 2.24) is 9.78 Å². The number of anilines is 1. The molecule has 0 radical (unpaired) electrons. The van der Waals surface area contributed by atoms with Crippen molar-refractivity contribution in [3.05, 3.63) is 42.0 Å². The summed E-state index contributed by atoms with van der Waals surface area (Å²) in [6.45, 7) is 3.01. The topological polar surface area (TPSA) is 93.5 Å². The van der Waals surface area contributed by atoms with E-state index in [1.165, 1.54) is 50.2 Å². The lowest BCUT2D eigenvalue weighted by atomic mass is 10.1. The maximum Gasteiger partial charge on any atom is 0.331 e. The lowest BCUT2D eigenvalue weighted by molar-refractivity contribution is -0.146. The molecule has 1 aromatic carbocycles. The molecule has 0 saturated carbocycles. The summed E-state index contributed by atoms with van der Waals surface area (Å²) >= 11 is 0. The third-order valence-electron chi connectivity index (χ3n) is 3.82. The van der Waals surface area contributed by atoms with E-state index < -0.39 is 17.3 Å². The highest BCUT2D eigenvalue weighted by Gasteiger charge is 2.30. The van der Waals surface area contributed by atoms with Crippen LogP contribution in [0.1, 0.15) is 25.8 Å². The van der Waals surface area contributed by atoms with E-state index in [1.54, 1.807) is 6.07 Å². The van der Waals surface area contributed by atoms with Crippen molar-refractivity contribution in [3.63, 3.8) is 0 Å². The Bertz CT molecular complexity index is 786. The Hall–Kier alpha value is -2.90. The first-order chi connectivity index (χ1) is 11.7. The summed E-state index contributed by atoms with van der Waals surface area (Å²) < 4.78 is 19.7. The number of carbonyl (C=O) groups excluding carboxylic acids is 1. The molecule has 2 rings (SSSR count). The van der Waals surface area contributed by atoms with E-state index in [9.17, 15) is 14.0 Å². The molecular formula is C17H20FN3O4. The molecule has 7 nitrogen and oxygen atoms in total. The van der Waals surface area contributed by atoms with Gasteiger partial charge in [-0.2, -0.15) is 5.10 Å². The Balaban J connectivity index is 1.94. The third-order valence-corrected chi connectivity index (χ3v) is 3.82. The summed E-state index contributed by atoms with van der Waals surface area (Å²) in [5.41, 5.74) is -0.139. The fraction of sp³-hybridized carbons (Fsp3) is 0.353. The zero-order valence-corrected chi connectivity index (χ0v) is 14.2. The number of halogens is 1. The van der Waals surface area contributed by atoms with Gasteiger partial charge in [-0.1, -0.05) is 6.07 Å². The van der Waals surface area contributed by atoms with Crippen LogP contribution < -0.4 is 10.1 Å². The normalized spacial score (nSPS) is 11.2. The summed E-state index contributed by atoms with van der Waals surface area (Å²) in [7, 11) is 1.39. The van der Waals surface area contributed by atoms with E-state index >= 15 is 0 Å². The number of aryl methyl sites for hydroxylation is 1. The molecule has 8 heteroatoms. The standard InChI is InChI=1S/C17H20FN3O4/c1-17(2,16(23)24)21-10-12(9-19-21)20-15(22)7-5-11-4-6-14(25-3)13(18)8-11/h4,6,8-10H,5,7H2,1-3H3,(H,20,22)(H,23,24). The van der Waals surface area contributed by atoms with Crippen molar-refractivity contribution >= 4 is 17.6 Å². The number of benzene rings is 1. The van der Waals surface area contributed by atoms with Crippen LogP contribution in [0, 0.1) is 5.82 Å². The number of nitrogens with zero attached hydrogens (tertiary/aromatic N) is 2. The van der Waals surface area contributed by atoms with Gasteiger partial charge in [-0.3, -0.25) is 9.48 Å². The number of hydrogen-bond acceptors (Lipinski definition) is 4. The number of carbonyl (C=O) groups is 2. The lowest BCUT2D eigenvalue weighted by Crippen LogP contribution is -2.35. The maximum atomic E-state index is 13.6. The Kier molecular flexibility index (Phi) is 5.41. The second-order valence-corrected chi connectivity index (χ2v) is 6.05. The fourth-order valence-corrected chi connectivity index (χ4v) is 2.14. The van der Waals surface area contributed by atoms with Gasteiger partial charge in [0, 0.05) is 12.6 Å². The SMILES string of the molecule is COc1ccc(CCC(=O)Nc2cnn(C(C)(C)C(=O)O)c2)cc1F. The van der Waals surface area contributed by atoms with Crippen molar-refractivity contribution in [2.75, 3.05) is 12.4 Å². The van der Waals surface area contributed by atoms with Crippen LogP contribution in [0.5, 0.6) is 5.75 Å². The van der Waals surface area contributed by atoms with Crippen LogP contribution in [-0.4, -0.2) is 33.9 Å². The molecule has 0 bridgehead atoms. The molecule has 0 fully saturated rings. The van der Waals surface area contributed by atoms with Crippen LogP contribution in [-0.2, 0) is 21.5 Å². The first-order valence-corrected chi connectivity index (χ1v) is 7.65. The van der Waals surface area contributed by atoms with Gasteiger partial charge in [0.15, 0.2) is 17.1 Å². The summed E-state index contributed by atoms with van der Waals surface area (Å²) in [5, 5.41) is 15.8. The minimum absolute atomic E-state index is 0.152. The molecule has 1 heterocycles. The Morgan fingerprint density at radius 1 is 1.40 bits per heavy atom. The molecule has 0 aliphatic heterocycles. The number of carboxylic acids is 1. The molecule has 134 valence electrons. The number of aliphatic carboxylic acids is 1. The van der Waals surface area contributed by atoms with E-state index in [-0.39, 0.29) is 18.1 Å². The zero-order chi connectivity index (χ0) is 18.6. The predicted octanol–water partition coefficient (Wildman–Crippen LogP) is 2.42. The van der Waals surface area contributed by atoms with Gasteiger partial charge < -0.3 is 15.2 Å².